The van der Waals surface area contributed by atoms with Gasteiger partial charge < -0.3 is 5.73 Å². The minimum absolute atomic E-state index is 0.210. The van der Waals surface area contributed by atoms with E-state index in [0.29, 0.717) is 10.0 Å². The van der Waals surface area contributed by atoms with Crippen LogP contribution in [0.3, 0.4) is 0 Å². The molecule has 0 radical (unpaired) electrons. The number of anilines is 1. The zero-order chi connectivity index (χ0) is 10.1. The number of aromatic nitrogens is 4. The number of nitrogen functional groups attached to an aromatic ring is 1. The summed E-state index contributed by atoms with van der Waals surface area (Å²) >= 11 is 7.72. The molecule has 14 heavy (non-hydrogen) atoms. The van der Waals surface area contributed by atoms with Crippen molar-refractivity contribution in [2.75, 3.05) is 5.73 Å². The molecule has 0 aliphatic carbocycles. The van der Waals surface area contributed by atoms with Crippen molar-refractivity contribution in [3.63, 3.8) is 0 Å². The van der Waals surface area contributed by atoms with Crippen molar-refractivity contribution in [3.05, 3.63) is 19.7 Å². The summed E-state index contributed by atoms with van der Waals surface area (Å²) in [4.78, 5) is 11.0. The zero-order valence-electron chi connectivity index (χ0n) is 6.68. The molecule has 2 N–H and O–H groups in total. The van der Waals surface area contributed by atoms with Gasteiger partial charge in [-0.1, -0.05) is 16.1 Å². The molecule has 2 aromatic rings. The highest BCUT2D eigenvalue weighted by Gasteiger charge is 2.09. The third kappa shape index (κ3) is 1.76. The summed E-state index contributed by atoms with van der Waals surface area (Å²) in [6.45, 7) is 0.210. The van der Waals surface area contributed by atoms with Crippen LogP contribution in [0.15, 0.2) is 4.79 Å². The van der Waals surface area contributed by atoms with Gasteiger partial charge in [0.15, 0.2) is 0 Å². The predicted octanol–water partition coefficient (Wildman–Crippen LogP) is 0.440. The summed E-state index contributed by atoms with van der Waals surface area (Å²) < 4.78 is 5.32. The summed E-state index contributed by atoms with van der Waals surface area (Å²) in [5, 5.41) is 7.80. The second kappa shape index (κ2) is 3.64. The van der Waals surface area contributed by atoms with Gasteiger partial charge >= 0.3 is 4.87 Å². The fourth-order valence-corrected chi connectivity index (χ4v) is 2.00. The van der Waals surface area contributed by atoms with Gasteiger partial charge in [0.1, 0.15) is 10.0 Å². The van der Waals surface area contributed by atoms with Gasteiger partial charge in [0, 0.05) is 11.5 Å². The summed E-state index contributed by atoms with van der Waals surface area (Å²) in [5.74, 6) is 0. The molecular weight excluding hydrogens is 246 g/mol. The first kappa shape index (κ1) is 9.56. The smallest absolute Gasteiger partial charge is 0.327 e. The van der Waals surface area contributed by atoms with Crippen LogP contribution in [0.1, 0.15) is 5.69 Å². The molecule has 0 bridgehead atoms. The first-order chi connectivity index (χ1) is 6.66. The molecule has 0 atom stereocenters. The summed E-state index contributed by atoms with van der Waals surface area (Å²) in [6.07, 6.45) is 0. The lowest BCUT2D eigenvalue weighted by atomic mass is 10.5. The van der Waals surface area contributed by atoms with Crippen LogP contribution >= 0.6 is 34.5 Å². The van der Waals surface area contributed by atoms with Gasteiger partial charge in [-0.25, -0.2) is 4.68 Å². The Balaban J connectivity index is 2.31. The molecule has 0 fully saturated rings. The van der Waals surface area contributed by atoms with E-state index in [1.54, 1.807) is 0 Å². The van der Waals surface area contributed by atoms with Crippen LogP contribution in [-0.4, -0.2) is 19.4 Å². The number of rotatable bonds is 2. The van der Waals surface area contributed by atoms with Gasteiger partial charge in [0.25, 0.3) is 0 Å². The van der Waals surface area contributed by atoms with Crippen molar-refractivity contribution in [2.24, 2.45) is 0 Å². The molecule has 0 aliphatic rings. The molecule has 0 amide bonds. The van der Waals surface area contributed by atoms with E-state index in [1.165, 1.54) is 4.68 Å². The van der Waals surface area contributed by atoms with Crippen molar-refractivity contribution in [1.82, 2.24) is 19.4 Å². The Kier molecular flexibility index (Phi) is 2.48. The van der Waals surface area contributed by atoms with Gasteiger partial charge in [-0.2, -0.15) is 0 Å². The normalized spacial score (nSPS) is 10.6. The Labute approximate surface area is 91.1 Å². The van der Waals surface area contributed by atoms with Gasteiger partial charge in [0.2, 0.25) is 5.13 Å². The average Bonchev–Trinajstić information content (AvgIpc) is 2.62. The van der Waals surface area contributed by atoms with Crippen LogP contribution in [0.2, 0.25) is 4.34 Å². The standard InChI is InChI=1S/C5H4ClN5OS2/c6-3-2(8-10-14-3)1-11-5(12)13-4(7)9-11/h1H2,(H2,7,9). The predicted molar refractivity (Wildman–Crippen MR) is 54.8 cm³/mol. The van der Waals surface area contributed by atoms with Crippen LogP contribution in [0.4, 0.5) is 5.13 Å². The van der Waals surface area contributed by atoms with E-state index in [2.05, 4.69) is 14.7 Å². The van der Waals surface area contributed by atoms with Crippen molar-refractivity contribution in [1.29, 1.82) is 0 Å². The lowest BCUT2D eigenvalue weighted by Gasteiger charge is -1.94. The fourth-order valence-electron chi connectivity index (χ4n) is 0.855. The second-order valence-corrected chi connectivity index (χ2v) is 4.69. The highest BCUT2D eigenvalue weighted by atomic mass is 35.5. The quantitative estimate of drug-likeness (QED) is 0.835. The van der Waals surface area contributed by atoms with E-state index in [9.17, 15) is 4.79 Å². The molecule has 0 saturated carbocycles. The SMILES string of the molecule is Nc1nn(Cc2nnsc2Cl)c(=O)s1. The van der Waals surface area contributed by atoms with E-state index in [0.717, 1.165) is 22.9 Å². The number of nitrogens with zero attached hydrogens (tertiary/aromatic N) is 4. The summed E-state index contributed by atoms with van der Waals surface area (Å²) in [7, 11) is 0. The molecule has 2 rings (SSSR count). The fraction of sp³-hybridized carbons (Fsp3) is 0.200. The largest absolute Gasteiger partial charge is 0.374 e. The Hall–Kier alpha value is -0.990. The van der Waals surface area contributed by atoms with Gasteiger partial charge in [-0.3, -0.25) is 4.79 Å². The van der Waals surface area contributed by atoms with E-state index in [-0.39, 0.29) is 16.5 Å². The van der Waals surface area contributed by atoms with Crippen molar-refractivity contribution in [2.45, 2.75) is 6.54 Å². The molecule has 0 aliphatic heterocycles. The first-order valence-corrected chi connectivity index (χ1v) is 5.44. The molecular formula is C5H4ClN5OS2. The minimum atomic E-state index is -0.230. The highest BCUT2D eigenvalue weighted by Crippen LogP contribution is 2.17. The van der Waals surface area contributed by atoms with Gasteiger partial charge in [0.05, 0.1) is 6.54 Å². The van der Waals surface area contributed by atoms with Crippen LogP contribution in [-0.2, 0) is 6.54 Å². The average molecular weight is 250 g/mol. The number of nitrogens with two attached hydrogens (primary N) is 1. The van der Waals surface area contributed by atoms with Gasteiger partial charge in [-0.05, 0) is 11.3 Å². The Bertz CT molecular complexity index is 502. The molecule has 0 aromatic carbocycles. The molecule has 0 unspecified atom stereocenters. The molecule has 6 nitrogen and oxygen atoms in total. The maximum Gasteiger partial charge on any atom is 0.327 e. The third-order valence-corrected chi connectivity index (χ3v) is 3.09. The van der Waals surface area contributed by atoms with Crippen LogP contribution in [0.5, 0.6) is 0 Å². The van der Waals surface area contributed by atoms with E-state index in [4.69, 9.17) is 17.3 Å². The van der Waals surface area contributed by atoms with Crippen LogP contribution in [0, 0.1) is 0 Å². The Morgan fingerprint density at radius 2 is 2.36 bits per heavy atom. The van der Waals surface area contributed by atoms with Crippen molar-refractivity contribution in [3.8, 4) is 0 Å². The lowest BCUT2D eigenvalue weighted by Crippen LogP contribution is -2.15. The molecule has 0 spiro atoms. The Morgan fingerprint density at radius 1 is 1.57 bits per heavy atom. The summed E-state index contributed by atoms with van der Waals surface area (Å²) in [5.41, 5.74) is 5.90. The van der Waals surface area contributed by atoms with E-state index < -0.39 is 0 Å². The topological polar surface area (TPSA) is 86.7 Å². The van der Waals surface area contributed by atoms with Crippen molar-refractivity contribution < 1.29 is 0 Å². The molecule has 2 heterocycles. The van der Waals surface area contributed by atoms with Crippen molar-refractivity contribution >= 4 is 39.6 Å². The first-order valence-electron chi connectivity index (χ1n) is 3.47. The molecule has 74 valence electrons. The Morgan fingerprint density at radius 3 is 2.86 bits per heavy atom. The number of halogens is 1. The number of hydrogen-bond acceptors (Lipinski definition) is 7. The maximum absolute atomic E-state index is 11.2. The molecule has 0 saturated heterocycles. The van der Waals surface area contributed by atoms with E-state index in [1.807, 2.05) is 0 Å². The van der Waals surface area contributed by atoms with Gasteiger partial charge in [-0.15, -0.1) is 10.2 Å². The second-order valence-electron chi connectivity index (χ2n) is 2.36. The monoisotopic (exact) mass is 249 g/mol. The number of hydrogen-bond donors (Lipinski definition) is 1. The summed E-state index contributed by atoms with van der Waals surface area (Å²) in [6, 6.07) is 0. The third-order valence-electron chi connectivity index (χ3n) is 1.43. The highest BCUT2D eigenvalue weighted by molar-refractivity contribution is 7.12. The zero-order valence-corrected chi connectivity index (χ0v) is 9.06. The molecule has 2 aromatic heterocycles. The van der Waals surface area contributed by atoms with E-state index >= 15 is 0 Å². The lowest BCUT2D eigenvalue weighted by molar-refractivity contribution is 0.655. The minimum Gasteiger partial charge on any atom is -0.374 e. The molecule has 9 heteroatoms. The maximum atomic E-state index is 11.2. The van der Waals surface area contributed by atoms with Crippen LogP contribution < -0.4 is 10.6 Å². The van der Waals surface area contributed by atoms with Crippen LogP contribution in [0.25, 0.3) is 0 Å².